The van der Waals surface area contributed by atoms with Crippen molar-refractivity contribution in [2.24, 2.45) is 7.05 Å². The van der Waals surface area contributed by atoms with Crippen LogP contribution in [0.15, 0.2) is 6.33 Å². The van der Waals surface area contributed by atoms with Gasteiger partial charge in [-0.1, -0.05) is 0 Å². The molecular weight excluding hydrogens is 208 g/mol. The zero-order valence-electron chi connectivity index (χ0n) is 10.1. The first-order valence-corrected chi connectivity index (χ1v) is 5.32. The number of hydrogen-bond donors (Lipinski definition) is 1. The summed E-state index contributed by atoms with van der Waals surface area (Å²) in [4.78, 5) is 11.4. The number of nitrogens with zero attached hydrogens (tertiary/aromatic N) is 3. The summed E-state index contributed by atoms with van der Waals surface area (Å²) in [6.07, 6.45) is 1.63. The van der Waals surface area contributed by atoms with Crippen molar-refractivity contribution in [1.82, 2.24) is 20.1 Å². The van der Waals surface area contributed by atoms with Crippen LogP contribution in [0.5, 0.6) is 0 Å². The van der Waals surface area contributed by atoms with E-state index in [1.54, 1.807) is 20.2 Å². The number of carbonyl (C=O) groups is 1. The quantitative estimate of drug-likeness (QED) is 0.737. The Morgan fingerprint density at radius 3 is 2.81 bits per heavy atom. The lowest BCUT2D eigenvalue weighted by atomic mass is 10.2. The molecule has 6 nitrogen and oxygen atoms in total. The molecule has 1 N–H and O–H groups in total. The molecule has 1 rings (SSSR count). The molecule has 2 atom stereocenters. The van der Waals surface area contributed by atoms with Gasteiger partial charge in [0.05, 0.1) is 12.6 Å². The van der Waals surface area contributed by atoms with Crippen LogP contribution in [0.2, 0.25) is 0 Å². The monoisotopic (exact) mass is 226 g/mol. The molecule has 0 spiro atoms. The summed E-state index contributed by atoms with van der Waals surface area (Å²) in [6.45, 7) is 5.88. The van der Waals surface area contributed by atoms with Crippen LogP contribution in [-0.2, 0) is 16.6 Å². The fraction of sp³-hybridized carbons (Fsp3) is 0.700. The maximum absolute atomic E-state index is 11.4. The summed E-state index contributed by atoms with van der Waals surface area (Å²) in [5.74, 6) is 0.535. The van der Waals surface area contributed by atoms with Crippen LogP contribution in [0.25, 0.3) is 0 Å². The van der Waals surface area contributed by atoms with E-state index in [0.717, 1.165) is 5.82 Å². The zero-order chi connectivity index (χ0) is 12.1. The molecule has 0 radical (unpaired) electrons. The van der Waals surface area contributed by atoms with Gasteiger partial charge in [0.1, 0.15) is 18.2 Å². The second kappa shape index (κ2) is 5.60. The number of aromatic nitrogens is 3. The largest absolute Gasteiger partial charge is 0.465 e. The first kappa shape index (κ1) is 12.6. The lowest BCUT2D eigenvalue weighted by Gasteiger charge is -2.17. The van der Waals surface area contributed by atoms with Gasteiger partial charge in [0.25, 0.3) is 0 Å². The van der Waals surface area contributed by atoms with Crippen molar-refractivity contribution in [1.29, 1.82) is 0 Å². The van der Waals surface area contributed by atoms with Crippen LogP contribution in [-0.4, -0.2) is 33.4 Å². The fourth-order valence-corrected chi connectivity index (χ4v) is 1.47. The van der Waals surface area contributed by atoms with Crippen molar-refractivity contribution < 1.29 is 9.53 Å². The molecule has 0 bridgehead atoms. The van der Waals surface area contributed by atoms with Gasteiger partial charge in [-0.3, -0.25) is 10.1 Å². The van der Waals surface area contributed by atoms with Gasteiger partial charge in [0.2, 0.25) is 0 Å². The molecular formula is C10H18N4O2. The first-order valence-electron chi connectivity index (χ1n) is 5.32. The Hall–Kier alpha value is -1.43. The summed E-state index contributed by atoms with van der Waals surface area (Å²) in [5, 5.41) is 10.9. The van der Waals surface area contributed by atoms with Crippen LogP contribution in [0, 0.1) is 0 Å². The number of nitrogens with one attached hydrogen (secondary N) is 1. The summed E-state index contributed by atoms with van der Waals surface area (Å²) < 4.78 is 6.72. The predicted octanol–water partition coefficient (Wildman–Crippen LogP) is 0.417. The standard InChI is InChI=1S/C10H18N4O2/c1-5-16-10(15)8(3)12-7(2)9-13-11-6-14(9)4/h6-8,12H,5H2,1-4H3. The third-order valence-corrected chi connectivity index (χ3v) is 2.27. The van der Waals surface area contributed by atoms with Crippen molar-refractivity contribution in [2.75, 3.05) is 6.61 Å². The van der Waals surface area contributed by atoms with E-state index < -0.39 is 0 Å². The molecule has 0 fully saturated rings. The van der Waals surface area contributed by atoms with Crippen LogP contribution >= 0.6 is 0 Å². The highest BCUT2D eigenvalue weighted by Gasteiger charge is 2.19. The highest BCUT2D eigenvalue weighted by Crippen LogP contribution is 2.08. The topological polar surface area (TPSA) is 69.0 Å². The number of ether oxygens (including phenoxy) is 1. The molecule has 0 saturated heterocycles. The average molecular weight is 226 g/mol. The minimum absolute atomic E-state index is 0.0492. The summed E-state index contributed by atoms with van der Waals surface area (Å²) in [5.41, 5.74) is 0. The van der Waals surface area contributed by atoms with Crippen molar-refractivity contribution in [2.45, 2.75) is 32.9 Å². The van der Waals surface area contributed by atoms with Gasteiger partial charge >= 0.3 is 5.97 Å². The summed E-state index contributed by atoms with van der Waals surface area (Å²) in [6, 6.07) is -0.404. The molecule has 2 unspecified atom stereocenters. The third-order valence-electron chi connectivity index (χ3n) is 2.27. The van der Waals surface area contributed by atoms with Crippen molar-refractivity contribution in [3.05, 3.63) is 12.2 Å². The van der Waals surface area contributed by atoms with Gasteiger partial charge in [0.15, 0.2) is 0 Å². The maximum atomic E-state index is 11.4. The van der Waals surface area contributed by atoms with Gasteiger partial charge in [0, 0.05) is 7.05 Å². The molecule has 0 saturated carbocycles. The molecule has 0 aliphatic heterocycles. The molecule has 1 aromatic rings. The molecule has 6 heteroatoms. The Morgan fingerprint density at radius 1 is 1.62 bits per heavy atom. The van der Waals surface area contributed by atoms with Gasteiger partial charge in [-0.15, -0.1) is 10.2 Å². The number of hydrogen-bond acceptors (Lipinski definition) is 5. The normalized spacial score (nSPS) is 14.5. The van der Waals surface area contributed by atoms with Gasteiger partial charge in [-0.05, 0) is 20.8 Å². The van der Waals surface area contributed by atoms with Crippen LogP contribution in [0.1, 0.15) is 32.6 Å². The fourth-order valence-electron chi connectivity index (χ4n) is 1.47. The molecule has 1 heterocycles. The minimum Gasteiger partial charge on any atom is -0.465 e. The molecule has 0 aliphatic carbocycles. The lowest BCUT2D eigenvalue weighted by Crippen LogP contribution is -2.37. The van der Waals surface area contributed by atoms with E-state index in [1.165, 1.54) is 0 Å². The number of esters is 1. The zero-order valence-corrected chi connectivity index (χ0v) is 10.1. The molecule has 0 aliphatic rings. The van der Waals surface area contributed by atoms with E-state index in [-0.39, 0.29) is 18.1 Å². The van der Waals surface area contributed by atoms with Gasteiger partial charge in [-0.25, -0.2) is 0 Å². The van der Waals surface area contributed by atoms with Crippen molar-refractivity contribution in [3.8, 4) is 0 Å². The SMILES string of the molecule is CCOC(=O)C(C)NC(C)c1nncn1C. The maximum Gasteiger partial charge on any atom is 0.322 e. The number of rotatable bonds is 5. The van der Waals surface area contributed by atoms with E-state index in [4.69, 9.17) is 4.74 Å². The molecule has 0 aromatic carbocycles. The second-order valence-corrected chi connectivity index (χ2v) is 3.66. The Morgan fingerprint density at radius 2 is 2.31 bits per heavy atom. The summed E-state index contributed by atoms with van der Waals surface area (Å²) in [7, 11) is 1.86. The van der Waals surface area contributed by atoms with E-state index in [2.05, 4.69) is 15.5 Å². The van der Waals surface area contributed by atoms with Crippen LogP contribution in [0.3, 0.4) is 0 Å². The Kier molecular flexibility index (Phi) is 4.42. The van der Waals surface area contributed by atoms with E-state index >= 15 is 0 Å². The second-order valence-electron chi connectivity index (χ2n) is 3.66. The highest BCUT2D eigenvalue weighted by molar-refractivity contribution is 5.75. The number of carbonyl (C=O) groups excluding carboxylic acids is 1. The smallest absolute Gasteiger partial charge is 0.322 e. The third kappa shape index (κ3) is 3.03. The summed E-state index contributed by atoms with van der Waals surface area (Å²) >= 11 is 0. The van der Waals surface area contributed by atoms with Crippen LogP contribution < -0.4 is 5.32 Å². The first-order chi connectivity index (χ1) is 7.56. The van der Waals surface area contributed by atoms with Crippen LogP contribution in [0.4, 0.5) is 0 Å². The minimum atomic E-state index is -0.355. The molecule has 16 heavy (non-hydrogen) atoms. The predicted molar refractivity (Wildman–Crippen MR) is 58.6 cm³/mol. The highest BCUT2D eigenvalue weighted by atomic mass is 16.5. The average Bonchev–Trinajstić information content (AvgIpc) is 2.64. The Balaban J connectivity index is 2.54. The van der Waals surface area contributed by atoms with E-state index in [1.807, 2.05) is 18.5 Å². The Bertz CT molecular complexity index is 350. The Labute approximate surface area is 95.0 Å². The lowest BCUT2D eigenvalue weighted by molar-refractivity contribution is -0.145. The number of aryl methyl sites for hydroxylation is 1. The van der Waals surface area contributed by atoms with Gasteiger partial charge < -0.3 is 9.30 Å². The van der Waals surface area contributed by atoms with E-state index in [9.17, 15) is 4.79 Å². The van der Waals surface area contributed by atoms with Gasteiger partial charge in [-0.2, -0.15) is 0 Å². The van der Waals surface area contributed by atoms with Crippen molar-refractivity contribution >= 4 is 5.97 Å². The molecule has 1 aromatic heterocycles. The molecule has 90 valence electrons. The van der Waals surface area contributed by atoms with E-state index in [0.29, 0.717) is 6.61 Å². The van der Waals surface area contributed by atoms with Crippen molar-refractivity contribution in [3.63, 3.8) is 0 Å². The molecule has 0 amide bonds.